The number of rotatable bonds is 0. The molecule has 0 aliphatic heterocycles. The fraction of sp³-hybridized carbons (Fsp3) is 0.333. The normalized spacial score (nSPS) is 20.0. The van der Waals surface area contributed by atoms with Crippen molar-refractivity contribution >= 4 is 11.6 Å². The maximum absolute atomic E-state index is 12.6. The maximum atomic E-state index is 12.6. The quantitative estimate of drug-likeness (QED) is 0.683. The molecule has 0 N–H and O–H groups in total. The molecule has 3 nitrogen and oxygen atoms in total. The van der Waals surface area contributed by atoms with Crippen LogP contribution < -0.4 is 0 Å². The zero-order valence-electron chi connectivity index (χ0n) is 12.2. The molecular weight excluding hydrogens is 264 g/mol. The van der Waals surface area contributed by atoms with Gasteiger partial charge in [-0.05, 0) is 48.8 Å². The molecule has 1 heterocycles. The Morgan fingerprint density at radius 2 is 1.90 bits per heavy atom. The predicted octanol–water partition coefficient (Wildman–Crippen LogP) is 4.07. The third-order valence-electron chi connectivity index (χ3n) is 4.82. The lowest BCUT2D eigenvalue weighted by Gasteiger charge is -2.27. The summed E-state index contributed by atoms with van der Waals surface area (Å²) >= 11 is 0. The van der Waals surface area contributed by atoms with E-state index in [2.05, 4.69) is 13.0 Å². The Morgan fingerprint density at radius 1 is 1.14 bits per heavy atom. The van der Waals surface area contributed by atoms with Gasteiger partial charge >= 0.3 is 0 Å². The Hall–Kier alpha value is -2.16. The van der Waals surface area contributed by atoms with E-state index in [1.165, 1.54) is 5.56 Å². The van der Waals surface area contributed by atoms with Gasteiger partial charge in [0.15, 0.2) is 0 Å². The molecule has 0 amide bonds. The first-order valence-corrected chi connectivity index (χ1v) is 7.43. The van der Waals surface area contributed by atoms with E-state index in [1.54, 1.807) is 13.2 Å². The van der Waals surface area contributed by atoms with Gasteiger partial charge in [0.1, 0.15) is 5.76 Å². The van der Waals surface area contributed by atoms with Crippen LogP contribution in [0.15, 0.2) is 22.8 Å². The van der Waals surface area contributed by atoms with Crippen molar-refractivity contribution in [2.75, 3.05) is 0 Å². The lowest BCUT2D eigenvalue weighted by Crippen LogP contribution is -2.24. The van der Waals surface area contributed by atoms with Crippen LogP contribution in [-0.2, 0) is 6.42 Å². The monoisotopic (exact) mass is 280 g/mol. The SMILES string of the molecule is Cc1coc2c1C(=O)C(=O)c1c-2ccc2c1CCC[C@H]2C. The summed E-state index contributed by atoms with van der Waals surface area (Å²) in [6, 6.07) is 4.05. The molecule has 21 heavy (non-hydrogen) atoms. The van der Waals surface area contributed by atoms with Gasteiger partial charge in [0, 0.05) is 11.1 Å². The first kappa shape index (κ1) is 12.6. The molecule has 1 aromatic heterocycles. The van der Waals surface area contributed by atoms with Gasteiger partial charge in [-0.3, -0.25) is 9.59 Å². The Labute approximate surface area is 123 Å². The number of aryl methyl sites for hydroxylation is 1. The summed E-state index contributed by atoms with van der Waals surface area (Å²) in [6.45, 7) is 3.99. The number of ketones is 2. The average Bonchev–Trinajstić information content (AvgIpc) is 2.86. The molecule has 0 spiro atoms. The van der Waals surface area contributed by atoms with Gasteiger partial charge in [0.25, 0.3) is 0 Å². The number of benzene rings is 1. The standard InChI is InChI=1S/C18H16O3/c1-9-4-3-5-12-11(9)6-7-13-15(12)17(20)16(19)14-10(2)8-21-18(13)14/h6-9H,3-5H2,1-2H3/t9-/m1/s1. The van der Waals surface area contributed by atoms with Crippen LogP contribution in [0.2, 0.25) is 0 Å². The molecule has 1 atom stereocenters. The van der Waals surface area contributed by atoms with Crippen LogP contribution in [-0.4, -0.2) is 11.6 Å². The number of carbonyl (C=O) groups is 2. The molecule has 1 aromatic carbocycles. The summed E-state index contributed by atoms with van der Waals surface area (Å²) in [7, 11) is 0. The lowest BCUT2D eigenvalue weighted by atomic mass is 9.76. The van der Waals surface area contributed by atoms with Crippen LogP contribution in [0.3, 0.4) is 0 Å². The van der Waals surface area contributed by atoms with E-state index in [4.69, 9.17) is 4.42 Å². The molecule has 0 bridgehead atoms. The summed E-state index contributed by atoms with van der Waals surface area (Å²) < 4.78 is 5.58. The van der Waals surface area contributed by atoms with Crippen LogP contribution in [0.5, 0.6) is 0 Å². The highest BCUT2D eigenvalue weighted by Gasteiger charge is 2.37. The molecule has 2 aromatic rings. The first-order chi connectivity index (χ1) is 10.1. The molecule has 2 aliphatic carbocycles. The second-order valence-corrected chi connectivity index (χ2v) is 6.13. The Balaban J connectivity index is 2.06. The summed E-state index contributed by atoms with van der Waals surface area (Å²) in [5.74, 6) is 0.220. The smallest absolute Gasteiger partial charge is 0.237 e. The zero-order chi connectivity index (χ0) is 14.7. The highest BCUT2D eigenvalue weighted by Crippen LogP contribution is 2.42. The minimum absolute atomic E-state index is 0.368. The summed E-state index contributed by atoms with van der Waals surface area (Å²) in [4.78, 5) is 25.0. The predicted molar refractivity (Wildman–Crippen MR) is 78.9 cm³/mol. The van der Waals surface area contributed by atoms with Crippen molar-refractivity contribution in [3.63, 3.8) is 0 Å². The number of Topliss-reactive ketones (excluding diaryl/α,β-unsaturated/α-hetero) is 2. The molecule has 0 saturated heterocycles. The van der Waals surface area contributed by atoms with Crippen LogP contribution in [0, 0.1) is 6.92 Å². The molecule has 0 radical (unpaired) electrons. The van der Waals surface area contributed by atoms with Crippen LogP contribution in [0.25, 0.3) is 11.3 Å². The minimum atomic E-state index is -0.421. The minimum Gasteiger partial charge on any atom is -0.463 e. The Bertz CT molecular complexity index is 795. The highest BCUT2D eigenvalue weighted by molar-refractivity contribution is 6.53. The molecule has 0 unspecified atom stereocenters. The van der Waals surface area contributed by atoms with Gasteiger partial charge < -0.3 is 4.42 Å². The molecule has 2 aliphatic rings. The van der Waals surface area contributed by atoms with Crippen molar-refractivity contribution < 1.29 is 14.0 Å². The van der Waals surface area contributed by atoms with Gasteiger partial charge in [0.05, 0.1) is 11.8 Å². The zero-order valence-corrected chi connectivity index (χ0v) is 12.2. The molecule has 106 valence electrons. The molecular formula is C18H16O3. The number of carbonyl (C=O) groups excluding carboxylic acids is 2. The Kier molecular flexibility index (Phi) is 2.49. The van der Waals surface area contributed by atoms with Crippen molar-refractivity contribution in [3.05, 3.63) is 46.2 Å². The van der Waals surface area contributed by atoms with Crippen LogP contribution in [0.1, 0.15) is 63.1 Å². The fourth-order valence-corrected chi connectivity index (χ4v) is 3.74. The topological polar surface area (TPSA) is 47.3 Å². The van der Waals surface area contributed by atoms with E-state index in [9.17, 15) is 9.59 Å². The largest absolute Gasteiger partial charge is 0.463 e. The number of hydrogen-bond donors (Lipinski definition) is 0. The van der Waals surface area contributed by atoms with E-state index < -0.39 is 5.78 Å². The van der Waals surface area contributed by atoms with E-state index in [1.807, 2.05) is 6.07 Å². The van der Waals surface area contributed by atoms with Gasteiger partial charge in [0.2, 0.25) is 11.6 Å². The van der Waals surface area contributed by atoms with Crippen molar-refractivity contribution in [2.24, 2.45) is 0 Å². The second-order valence-electron chi connectivity index (χ2n) is 6.13. The van der Waals surface area contributed by atoms with Gasteiger partial charge in [-0.2, -0.15) is 0 Å². The molecule has 0 fully saturated rings. The third-order valence-corrected chi connectivity index (χ3v) is 4.82. The van der Waals surface area contributed by atoms with Crippen LogP contribution in [0.4, 0.5) is 0 Å². The summed E-state index contributed by atoms with van der Waals surface area (Å²) in [5, 5.41) is 0. The number of furan rings is 1. The number of hydrogen-bond acceptors (Lipinski definition) is 3. The van der Waals surface area contributed by atoms with Gasteiger partial charge in [-0.15, -0.1) is 0 Å². The maximum Gasteiger partial charge on any atom is 0.237 e. The lowest BCUT2D eigenvalue weighted by molar-refractivity contribution is 0.0813. The van der Waals surface area contributed by atoms with Gasteiger partial charge in [-0.25, -0.2) is 0 Å². The Morgan fingerprint density at radius 3 is 2.71 bits per heavy atom. The molecule has 4 rings (SSSR count). The van der Waals surface area contributed by atoms with Crippen molar-refractivity contribution in [1.82, 2.24) is 0 Å². The first-order valence-electron chi connectivity index (χ1n) is 7.43. The van der Waals surface area contributed by atoms with E-state index >= 15 is 0 Å². The van der Waals surface area contributed by atoms with Crippen molar-refractivity contribution in [2.45, 2.75) is 39.0 Å². The number of fused-ring (bicyclic) bond motifs is 5. The highest BCUT2D eigenvalue weighted by atomic mass is 16.3. The molecule has 3 heteroatoms. The van der Waals surface area contributed by atoms with E-state index in [-0.39, 0.29) is 5.78 Å². The van der Waals surface area contributed by atoms with E-state index in [0.29, 0.717) is 22.8 Å². The van der Waals surface area contributed by atoms with Crippen molar-refractivity contribution in [1.29, 1.82) is 0 Å². The molecule has 0 saturated carbocycles. The fourth-order valence-electron chi connectivity index (χ4n) is 3.74. The average molecular weight is 280 g/mol. The van der Waals surface area contributed by atoms with Crippen LogP contribution >= 0.6 is 0 Å². The second kappa shape index (κ2) is 4.17. The van der Waals surface area contributed by atoms with Crippen molar-refractivity contribution in [3.8, 4) is 11.3 Å². The van der Waals surface area contributed by atoms with E-state index in [0.717, 1.165) is 36.0 Å². The summed E-state index contributed by atoms with van der Waals surface area (Å²) in [6.07, 6.45) is 4.64. The van der Waals surface area contributed by atoms with Gasteiger partial charge in [-0.1, -0.05) is 19.1 Å². The summed E-state index contributed by atoms with van der Waals surface area (Å²) in [5.41, 5.74) is 4.83. The third kappa shape index (κ3) is 1.54.